The third-order valence-corrected chi connectivity index (χ3v) is 1.71. The Morgan fingerprint density at radius 2 is 2.10 bits per heavy atom. The van der Waals surface area contributed by atoms with Gasteiger partial charge in [-0.2, -0.15) is 0 Å². The average molecular weight is 167 g/mol. The summed E-state index contributed by atoms with van der Waals surface area (Å²) in [6.45, 7) is 0. The first kappa shape index (κ1) is 9.62. The fraction of sp³-hybridized carbons (Fsp3) is 0.750. The Morgan fingerprint density at radius 3 is 2.40 bits per heavy atom. The summed E-state index contributed by atoms with van der Waals surface area (Å²) in [4.78, 5) is 28.0. The number of aliphatic carboxylic acids is 1. The van der Waals surface area contributed by atoms with Crippen molar-refractivity contribution in [1.29, 1.82) is 0 Å². The molecule has 0 radical (unpaired) electrons. The quantitative estimate of drug-likeness (QED) is 0.544. The van der Waals surface area contributed by atoms with Gasteiger partial charge in [0.2, 0.25) is 0 Å². The van der Waals surface area contributed by atoms with E-state index in [1.165, 1.54) is 0 Å². The molecule has 0 heterocycles. The van der Waals surface area contributed by atoms with Gasteiger partial charge in [0.25, 0.3) is 0 Å². The molecule has 0 aromatic heterocycles. The number of hydrogen-bond donors (Lipinski definition) is 2. The van der Waals surface area contributed by atoms with E-state index >= 15 is 0 Å². The van der Waals surface area contributed by atoms with Crippen molar-refractivity contribution in [2.45, 2.75) is 12.8 Å². The van der Waals surface area contributed by atoms with Gasteiger partial charge in [-0.15, -0.1) is 0 Å². The van der Waals surface area contributed by atoms with Crippen LogP contribution in [0.3, 0.4) is 0 Å². The van der Waals surface area contributed by atoms with E-state index in [-0.39, 0.29) is 12.8 Å². The van der Waals surface area contributed by atoms with Crippen molar-refractivity contribution in [3.05, 3.63) is 0 Å². The molecule has 0 saturated heterocycles. The topological polar surface area (TPSA) is 97.7 Å². The van der Waals surface area contributed by atoms with E-state index in [0.29, 0.717) is 0 Å². The summed E-state index contributed by atoms with van der Waals surface area (Å²) >= 11 is 0. The van der Waals surface area contributed by atoms with Gasteiger partial charge in [-0.1, -0.05) is 0 Å². The number of carboxylic acids is 1. The molecule has 0 aliphatic carbocycles. The molecule has 0 aliphatic heterocycles. The van der Waals surface area contributed by atoms with E-state index in [1.54, 1.807) is 0 Å². The highest BCUT2D eigenvalue weighted by Crippen LogP contribution is 2.29. The summed E-state index contributed by atoms with van der Waals surface area (Å²) in [5.41, 5.74) is 0. The maximum absolute atomic E-state index is 10.0. The summed E-state index contributed by atoms with van der Waals surface area (Å²) in [6, 6.07) is 0. The number of carboxylic acid groups (broad SMARTS) is 1. The van der Waals surface area contributed by atoms with Crippen molar-refractivity contribution in [3.63, 3.8) is 0 Å². The van der Waals surface area contributed by atoms with Crippen LogP contribution in [0.5, 0.6) is 0 Å². The zero-order valence-electron chi connectivity index (χ0n) is 5.19. The van der Waals surface area contributed by atoms with Gasteiger partial charge >= 0.3 is 5.97 Å². The smallest absolute Gasteiger partial charge is 0.303 e. The van der Waals surface area contributed by atoms with Crippen molar-refractivity contribution < 1.29 is 24.3 Å². The van der Waals surface area contributed by atoms with Gasteiger partial charge in [-0.05, 0) is 6.42 Å². The van der Waals surface area contributed by atoms with Crippen molar-refractivity contribution in [2.75, 3.05) is 6.16 Å². The van der Waals surface area contributed by atoms with E-state index in [1.807, 2.05) is 0 Å². The molecule has 0 saturated carbocycles. The number of rotatable bonds is 4. The Kier molecular flexibility index (Phi) is 3.57. The molecule has 0 rings (SSSR count). The highest BCUT2D eigenvalue weighted by atomic mass is 31.2. The van der Waals surface area contributed by atoms with E-state index in [9.17, 15) is 14.3 Å². The first-order chi connectivity index (χ1) is 4.42. The highest BCUT2D eigenvalue weighted by molar-refractivity contribution is 7.50. The van der Waals surface area contributed by atoms with Crippen LogP contribution >= 0.6 is 7.60 Å². The highest BCUT2D eigenvalue weighted by Gasteiger charge is 2.03. The van der Waals surface area contributed by atoms with Gasteiger partial charge in [-0.3, -0.25) is 4.79 Å². The zero-order chi connectivity index (χ0) is 8.20. The van der Waals surface area contributed by atoms with Gasteiger partial charge in [-0.25, -0.2) is 0 Å². The van der Waals surface area contributed by atoms with Gasteiger partial charge in [0.05, 0.1) is 0 Å². The second-order valence-electron chi connectivity index (χ2n) is 1.86. The van der Waals surface area contributed by atoms with Gasteiger partial charge in [0.15, 0.2) is 0 Å². The van der Waals surface area contributed by atoms with Crippen LogP contribution in [0, 0.1) is 0 Å². The lowest BCUT2D eigenvalue weighted by Gasteiger charge is -2.13. The first-order valence-corrected chi connectivity index (χ1v) is 4.43. The standard InChI is InChI=1S/C4H9O5P/c5-4(6)2-1-3-10(7,8)9/h1-3H2,(H,5,6)(H2,7,8,9)/p-1. The van der Waals surface area contributed by atoms with Crippen molar-refractivity contribution in [3.8, 4) is 0 Å². The van der Waals surface area contributed by atoms with Crippen LogP contribution in [0.2, 0.25) is 0 Å². The molecule has 0 aromatic rings. The Bertz CT molecular complexity index is 159. The molecule has 0 aliphatic rings. The van der Waals surface area contributed by atoms with E-state index in [4.69, 9.17) is 10.00 Å². The second-order valence-corrected chi connectivity index (χ2v) is 3.58. The number of carbonyl (C=O) groups is 1. The Balaban J connectivity index is 3.39. The molecule has 10 heavy (non-hydrogen) atoms. The molecular weight excluding hydrogens is 159 g/mol. The lowest BCUT2D eigenvalue weighted by molar-refractivity contribution is -0.193. The van der Waals surface area contributed by atoms with Crippen LogP contribution in [0.25, 0.3) is 0 Å². The van der Waals surface area contributed by atoms with E-state index in [2.05, 4.69) is 0 Å². The molecule has 6 heteroatoms. The van der Waals surface area contributed by atoms with E-state index < -0.39 is 19.7 Å². The summed E-state index contributed by atoms with van der Waals surface area (Å²) in [6.07, 6.45) is -0.724. The molecule has 0 aromatic carbocycles. The lowest BCUT2D eigenvalue weighted by Crippen LogP contribution is -2.05. The molecule has 5 nitrogen and oxygen atoms in total. The number of hydrogen-bond acceptors (Lipinski definition) is 3. The molecule has 1 unspecified atom stereocenters. The minimum Gasteiger partial charge on any atom is -0.779 e. The average Bonchev–Trinajstić information content (AvgIpc) is 1.59. The summed E-state index contributed by atoms with van der Waals surface area (Å²) in [5, 5.41) is 8.04. The monoisotopic (exact) mass is 167 g/mol. The minimum atomic E-state index is -4.24. The lowest BCUT2D eigenvalue weighted by atomic mass is 10.3. The van der Waals surface area contributed by atoms with Crippen LogP contribution in [0.1, 0.15) is 12.8 Å². The molecule has 2 N–H and O–H groups in total. The molecule has 0 fully saturated rings. The van der Waals surface area contributed by atoms with Gasteiger partial charge in [0, 0.05) is 12.6 Å². The predicted octanol–water partition coefficient (Wildman–Crippen LogP) is -0.603. The third kappa shape index (κ3) is 7.62. The fourth-order valence-electron chi connectivity index (χ4n) is 0.430. The largest absolute Gasteiger partial charge is 0.779 e. The molecule has 60 valence electrons. The Labute approximate surface area is 57.8 Å². The fourth-order valence-corrected chi connectivity index (χ4v) is 0.988. The second kappa shape index (κ2) is 3.71. The Hall–Kier alpha value is -0.380. The molecule has 0 bridgehead atoms. The van der Waals surface area contributed by atoms with Crippen molar-refractivity contribution in [1.82, 2.24) is 0 Å². The predicted molar refractivity (Wildman–Crippen MR) is 31.6 cm³/mol. The van der Waals surface area contributed by atoms with E-state index in [0.717, 1.165) is 0 Å². The molecule has 0 amide bonds. The van der Waals surface area contributed by atoms with Crippen LogP contribution in [0.4, 0.5) is 0 Å². The van der Waals surface area contributed by atoms with Crippen LogP contribution in [-0.4, -0.2) is 22.1 Å². The normalized spacial score (nSPS) is 16.2. The summed E-state index contributed by atoms with van der Waals surface area (Å²) in [5.74, 6) is -1.06. The van der Waals surface area contributed by atoms with Crippen molar-refractivity contribution in [2.24, 2.45) is 0 Å². The summed E-state index contributed by atoms with van der Waals surface area (Å²) in [7, 11) is -4.24. The first-order valence-electron chi connectivity index (χ1n) is 2.66. The molecule has 0 spiro atoms. The summed E-state index contributed by atoms with van der Waals surface area (Å²) < 4.78 is 10.0. The van der Waals surface area contributed by atoms with Crippen molar-refractivity contribution >= 4 is 13.6 Å². The third-order valence-electron chi connectivity index (χ3n) is 0.831. The zero-order valence-corrected chi connectivity index (χ0v) is 6.08. The van der Waals surface area contributed by atoms with Gasteiger partial charge < -0.3 is 19.5 Å². The molecule has 1 atom stereocenters. The minimum absolute atomic E-state index is 0.0351. The van der Waals surface area contributed by atoms with Crippen LogP contribution in [0.15, 0.2) is 0 Å². The Morgan fingerprint density at radius 1 is 1.60 bits per heavy atom. The van der Waals surface area contributed by atoms with Crippen LogP contribution < -0.4 is 4.89 Å². The maximum atomic E-state index is 10.0. The maximum Gasteiger partial charge on any atom is 0.303 e. The van der Waals surface area contributed by atoms with Crippen LogP contribution in [-0.2, 0) is 9.36 Å². The molecular formula is C4H8O5P-. The van der Waals surface area contributed by atoms with Gasteiger partial charge in [0.1, 0.15) is 7.60 Å². The SMILES string of the molecule is O=C(O)CCCP(=O)([O-])O.